The Balaban J connectivity index is 1.52. The van der Waals surface area contributed by atoms with Gasteiger partial charge in [0.25, 0.3) is 0 Å². The van der Waals surface area contributed by atoms with Crippen molar-refractivity contribution in [3.8, 4) is 0 Å². The molecule has 2 aliphatic rings. The van der Waals surface area contributed by atoms with Crippen LogP contribution in [-0.2, 0) is 4.74 Å². The number of morpholine rings is 1. The van der Waals surface area contributed by atoms with Gasteiger partial charge in [-0.1, -0.05) is 0 Å². The summed E-state index contributed by atoms with van der Waals surface area (Å²) in [4.78, 5) is 2.44. The molecule has 0 radical (unpaired) electrons. The normalized spacial score (nSPS) is 25.7. The summed E-state index contributed by atoms with van der Waals surface area (Å²) < 4.78 is 5.30. The lowest BCUT2D eigenvalue weighted by Crippen LogP contribution is -2.44. The van der Waals surface area contributed by atoms with Crippen molar-refractivity contribution < 1.29 is 4.74 Å². The molecule has 82 valence electrons. The van der Waals surface area contributed by atoms with Gasteiger partial charge in [0.05, 0.1) is 19.9 Å². The number of hydrogen-bond donors (Lipinski definition) is 2. The summed E-state index contributed by atoms with van der Waals surface area (Å²) in [6.07, 6.45) is 0. The molecule has 0 atom stereocenters. The summed E-state index contributed by atoms with van der Waals surface area (Å²) in [6.45, 7) is 9.31. The zero-order valence-electron chi connectivity index (χ0n) is 8.67. The topological polar surface area (TPSA) is 39.8 Å². The van der Waals surface area contributed by atoms with Gasteiger partial charge in [0.2, 0.25) is 0 Å². The number of nitrogens with zero attached hydrogens (tertiary/aromatic N) is 2. The Bertz CT molecular complexity index is 155. The van der Waals surface area contributed by atoms with Crippen LogP contribution < -0.4 is 10.7 Å². The zero-order chi connectivity index (χ0) is 9.64. The van der Waals surface area contributed by atoms with Crippen molar-refractivity contribution in [1.82, 2.24) is 20.7 Å². The summed E-state index contributed by atoms with van der Waals surface area (Å²) >= 11 is 0. The van der Waals surface area contributed by atoms with E-state index >= 15 is 0 Å². The van der Waals surface area contributed by atoms with E-state index in [1.807, 2.05) is 0 Å². The fourth-order valence-electron chi connectivity index (χ4n) is 1.83. The van der Waals surface area contributed by atoms with Crippen molar-refractivity contribution >= 4 is 0 Å². The van der Waals surface area contributed by atoms with Crippen molar-refractivity contribution in [3.63, 3.8) is 0 Å². The van der Waals surface area contributed by atoms with Crippen LogP contribution in [0.1, 0.15) is 0 Å². The molecule has 0 aromatic carbocycles. The number of ether oxygens (including phenoxy) is 1. The van der Waals surface area contributed by atoms with Crippen LogP contribution in [0.15, 0.2) is 0 Å². The average molecular weight is 200 g/mol. The Morgan fingerprint density at radius 2 is 2.07 bits per heavy atom. The van der Waals surface area contributed by atoms with Gasteiger partial charge < -0.3 is 10.1 Å². The monoisotopic (exact) mass is 200 g/mol. The van der Waals surface area contributed by atoms with Gasteiger partial charge in [-0.05, 0) is 0 Å². The molecule has 2 saturated heterocycles. The number of hydrazine groups is 1. The van der Waals surface area contributed by atoms with Gasteiger partial charge >= 0.3 is 0 Å². The maximum atomic E-state index is 5.30. The third-order valence-corrected chi connectivity index (χ3v) is 2.73. The summed E-state index contributed by atoms with van der Waals surface area (Å²) in [5, 5.41) is 5.53. The third-order valence-electron chi connectivity index (χ3n) is 2.73. The Hall–Kier alpha value is -0.200. The van der Waals surface area contributed by atoms with Crippen molar-refractivity contribution in [3.05, 3.63) is 0 Å². The van der Waals surface area contributed by atoms with Crippen LogP contribution in [0.5, 0.6) is 0 Å². The molecule has 0 aromatic heterocycles. The lowest BCUT2D eigenvalue weighted by Gasteiger charge is -2.27. The molecule has 2 aliphatic heterocycles. The minimum atomic E-state index is 0.894. The van der Waals surface area contributed by atoms with Crippen LogP contribution in [0.25, 0.3) is 0 Å². The van der Waals surface area contributed by atoms with E-state index in [0.29, 0.717) is 0 Å². The molecule has 0 unspecified atom stereocenters. The Kier molecular flexibility index (Phi) is 4.15. The van der Waals surface area contributed by atoms with Crippen molar-refractivity contribution in [2.45, 2.75) is 0 Å². The van der Waals surface area contributed by atoms with Gasteiger partial charge in [0, 0.05) is 39.3 Å². The van der Waals surface area contributed by atoms with E-state index in [2.05, 4.69) is 20.7 Å². The van der Waals surface area contributed by atoms with Crippen molar-refractivity contribution in [2.75, 3.05) is 59.2 Å². The molecular formula is C9H20N4O. The summed E-state index contributed by atoms with van der Waals surface area (Å²) in [5.41, 5.74) is 3.42. The van der Waals surface area contributed by atoms with E-state index in [4.69, 9.17) is 4.74 Å². The molecule has 0 saturated carbocycles. The van der Waals surface area contributed by atoms with E-state index in [1.54, 1.807) is 0 Å². The fourth-order valence-corrected chi connectivity index (χ4v) is 1.83. The van der Waals surface area contributed by atoms with Crippen molar-refractivity contribution in [1.29, 1.82) is 0 Å². The third kappa shape index (κ3) is 3.18. The maximum absolute atomic E-state index is 5.30. The van der Waals surface area contributed by atoms with Crippen LogP contribution >= 0.6 is 0 Å². The fraction of sp³-hybridized carbons (Fsp3) is 1.00. The lowest BCUT2D eigenvalue weighted by atomic mass is 10.4. The maximum Gasteiger partial charge on any atom is 0.0621 e. The molecule has 0 aliphatic carbocycles. The highest BCUT2D eigenvalue weighted by molar-refractivity contribution is 4.65. The minimum absolute atomic E-state index is 0.894. The summed E-state index contributed by atoms with van der Waals surface area (Å²) in [5.74, 6) is 0. The van der Waals surface area contributed by atoms with Crippen LogP contribution in [0.3, 0.4) is 0 Å². The molecule has 14 heavy (non-hydrogen) atoms. The first kappa shape index (κ1) is 10.3. The highest BCUT2D eigenvalue weighted by Gasteiger charge is 2.12. The lowest BCUT2D eigenvalue weighted by molar-refractivity contribution is 0.0358. The predicted octanol–water partition coefficient (Wildman–Crippen LogP) is -1.31. The first-order valence-corrected chi connectivity index (χ1v) is 5.44. The molecule has 0 amide bonds. The highest BCUT2D eigenvalue weighted by atomic mass is 16.5. The molecule has 5 heteroatoms. The number of hydrogen-bond acceptors (Lipinski definition) is 5. The molecule has 0 bridgehead atoms. The highest BCUT2D eigenvalue weighted by Crippen LogP contribution is 1.95. The molecule has 5 nitrogen and oxygen atoms in total. The molecule has 0 aromatic rings. The smallest absolute Gasteiger partial charge is 0.0621 e. The molecule has 2 heterocycles. The first-order valence-electron chi connectivity index (χ1n) is 5.44. The first-order chi connectivity index (χ1) is 6.95. The van der Waals surface area contributed by atoms with Gasteiger partial charge in [-0.15, -0.1) is 0 Å². The van der Waals surface area contributed by atoms with E-state index in [0.717, 1.165) is 59.2 Å². The molecule has 2 fully saturated rings. The summed E-state index contributed by atoms with van der Waals surface area (Å²) in [6, 6.07) is 0. The van der Waals surface area contributed by atoms with Crippen LogP contribution in [0.2, 0.25) is 0 Å². The second kappa shape index (κ2) is 5.63. The van der Waals surface area contributed by atoms with E-state index < -0.39 is 0 Å². The van der Waals surface area contributed by atoms with Crippen LogP contribution in [-0.4, -0.2) is 69.1 Å². The second-order valence-corrected chi connectivity index (χ2v) is 3.78. The van der Waals surface area contributed by atoms with Gasteiger partial charge in [0.1, 0.15) is 0 Å². The number of rotatable bonds is 4. The van der Waals surface area contributed by atoms with E-state index in [9.17, 15) is 0 Å². The largest absolute Gasteiger partial charge is 0.379 e. The minimum Gasteiger partial charge on any atom is -0.379 e. The van der Waals surface area contributed by atoms with Crippen LogP contribution in [0.4, 0.5) is 0 Å². The van der Waals surface area contributed by atoms with Crippen LogP contribution in [0, 0.1) is 0 Å². The summed E-state index contributed by atoms with van der Waals surface area (Å²) in [7, 11) is 0. The molecular weight excluding hydrogens is 180 g/mol. The SMILES string of the molecule is C1CN(NCCN2CCOCC2)CN1. The Morgan fingerprint density at radius 1 is 1.21 bits per heavy atom. The van der Waals surface area contributed by atoms with Gasteiger partial charge in [-0.2, -0.15) is 0 Å². The standard InChI is InChI=1S/C9H20N4O/c1-4-13(9-10-1)11-2-3-12-5-7-14-8-6-12/h10-11H,1-9H2. The zero-order valence-corrected chi connectivity index (χ0v) is 8.67. The van der Waals surface area contributed by atoms with Gasteiger partial charge in [-0.25, -0.2) is 5.01 Å². The molecule has 2 N–H and O–H groups in total. The Labute approximate surface area is 85.4 Å². The average Bonchev–Trinajstić information content (AvgIpc) is 2.72. The van der Waals surface area contributed by atoms with E-state index in [1.165, 1.54) is 0 Å². The predicted molar refractivity (Wildman–Crippen MR) is 54.8 cm³/mol. The second-order valence-electron chi connectivity index (χ2n) is 3.78. The van der Waals surface area contributed by atoms with Gasteiger partial charge in [-0.3, -0.25) is 10.3 Å². The van der Waals surface area contributed by atoms with Crippen molar-refractivity contribution in [2.24, 2.45) is 0 Å². The molecule has 0 spiro atoms. The Morgan fingerprint density at radius 3 is 2.79 bits per heavy atom. The number of nitrogens with one attached hydrogen (secondary N) is 2. The quantitative estimate of drug-likeness (QED) is 0.589. The van der Waals surface area contributed by atoms with Gasteiger partial charge in [0.15, 0.2) is 0 Å². The van der Waals surface area contributed by atoms with E-state index in [-0.39, 0.29) is 0 Å². The molecule has 2 rings (SSSR count).